The van der Waals surface area contributed by atoms with E-state index in [4.69, 9.17) is 28.9 Å². The molecule has 7 heteroatoms. The van der Waals surface area contributed by atoms with Gasteiger partial charge in [-0.05, 0) is 36.2 Å². The summed E-state index contributed by atoms with van der Waals surface area (Å²) in [6.07, 6.45) is 5.33. The van der Waals surface area contributed by atoms with Crippen molar-refractivity contribution in [2.45, 2.75) is 58.2 Å². The summed E-state index contributed by atoms with van der Waals surface area (Å²) in [6, 6.07) is 13.3. The van der Waals surface area contributed by atoms with Gasteiger partial charge in [0, 0.05) is 0 Å². The van der Waals surface area contributed by atoms with Crippen LogP contribution in [0.2, 0.25) is 10.0 Å². The molecule has 1 heterocycles. The number of nitrogens with two attached hydrogens (primary N) is 1. The number of nitrogen functional groups attached to an aromatic ring is 1. The molecule has 3 aromatic rings. The van der Waals surface area contributed by atoms with Crippen molar-refractivity contribution >= 4 is 40.2 Å². The number of hydrogen-bond donors (Lipinski definition) is 2. The Balaban J connectivity index is 0.00000300. The number of benzene rings is 2. The van der Waals surface area contributed by atoms with Crippen molar-refractivity contribution in [3.05, 3.63) is 58.1 Å². The summed E-state index contributed by atoms with van der Waals surface area (Å²) < 4.78 is 4.14. The van der Waals surface area contributed by atoms with E-state index in [0.29, 0.717) is 22.5 Å². The van der Waals surface area contributed by atoms with E-state index in [0.717, 1.165) is 29.6 Å². The number of anilines is 1. The van der Waals surface area contributed by atoms with Gasteiger partial charge in [-0.1, -0.05) is 74.0 Å². The third kappa shape index (κ3) is 5.58. The Kier molecular flexibility index (Phi) is 9.09. The normalized spacial score (nSPS) is 12.1. The lowest BCUT2D eigenvalue weighted by Crippen LogP contribution is -3.00. The first-order valence-corrected chi connectivity index (χ1v) is 10.7. The zero-order valence-corrected chi connectivity index (χ0v) is 18.9. The number of aliphatic hydroxyl groups excluding tert-OH is 1. The molecule has 0 saturated carbocycles. The Morgan fingerprint density at radius 2 is 1.76 bits per heavy atom. The molecule has 0 bridgehead atoms. The van der Waals surface area contributed by atoms with Crippen molar-refractivity contribution in [3.8, 4) is 0 Å². The second-order valence-corrected chi connectivity index (χ2v) is 8.03. The number of rotatable bonds is 9. The van der Waals surface area contributed by atoms with Gasteiger partial charge in [0.15, 0.2) is 0 Å². The SMILES string of the molecule is CCCCCCCn1c(N)[n+](CC(O)c2ccc(Cl)c(Cl)c2)c2ccccc21.[Cl-]. The van der Waals surface area contributed by atoms with Crippen LogP contribution in [0.1, 0.15) is 50.7 Å². The van der Waals surface area contributed by atoms with E-state index < -0.39 is 6.10 Å². The number of aliphatic hydroxyl groups is 1. The number of halogens is 3. The molecule has 0 aliphatic carbocycles. The Hall–Kier alpha value is -1.46. The van der Waals surface area contributed by atoms with Crippen LogP contribution < -0.4 is 22.7 Å². The van der Waals surface area contributed by atoms with Gasteiger partial charge in [0.2, 0.25) is 0 Å². The lowest BCUT2D eigenvalue weighted by atomic mass is 10.1. The fourth-order valence-electron chi connectivity index (χ4n) is 3.61. The molecule has 0 radical (unpaired) electrons. The molecule has 0 aliphatic rings. The zero-order valence-electron chi connectivity index (χ0n) is 16.6. The summed E-state index contributed by atoms with van der Waals surface area (Å²) in [7, 11) is 0. The largest absolute Gasteiger partial charge is 1.00 e. The quantitative estimate of drug-likeness (QED) is 0.384. The summed E-state index contributed by atoms with van der Waals surface area (Å²) in [6.45, 7) is 3.46. The molecule has 2 aromatic carbocycles. The van der Waals surface area contributed by atoms with Crippen LogP contribution in [0.5, 0.6) is 0 Å². The van der Waals surface area contributed by atoms with Crippen LogP contribution in [0.25, 0.3) is 11.0 Å². The molecule has 4 nitrogen and oxygen atoms in total. The Morgan fingerprint density at radius 1 is 1.03 bits per heavy atom. The van der Waals surface area contributed by atoms with Gasteiger partial charge in [0.05, 0.1) is 16.6 Å². The van der Waals surface area contributed by atoms with E-state index in [-0.39, 0.29) is 12.4 Å². The van der Waals surface area contributed by atoms with Crippen LogP contribution in [0.15, 0.2) is 42.5 Å². The first-order chi connectivity index (χ1) is 13.5. The van der Waals surface area contributed by atoms with Crippen LogP contribution in [0.3, 0.4) is 0 Å². The number of nitrogens with zero attached hydrogens (tertiary/aromatic N) is 2. The number of aryl methyl sites for hydroxylation is 1. The fourth-order valence-corrected chi connectivity index (χ4v) is 3.92. The number of aromatic nitrogens is 2. The van der Waals surface area contributed by atoms with E-state index >= 15 is 0 Å². The average molecular weight is 457 g/mol. The van der Waals surface area contributed by atoms with Gasteiger partial charge in [-0.3, -0.25) is 5.73 Å². The Bertz CT molecular complexity index is 942. The van der Waals surface area contributed by atoms with Gasteiger partial charge in [0.1, 0.15) is 23.7 Å². The molecule has 0 amide bonds. The third-order valence-electron chi connectivity index (χ3n) is 5.19. The predicted molar refractivity (Wildman–Crippen MR) is 117 cm³/mol. The second-order valence-electron chi connectivity index (χ2n) is 7.21. The Morgan fingerprint density at radius 3 is 2.48 bits per heavy atom. The monoisotopic (exact) mass is 455 g/mol. The maximum Gasteiger partial charge on any atom is 0.356 e. The highest BCUT2D eigenvalue weighted by Crippen LogP contribution is 2.26. The molecule has 1 unspecified atom stereocenters. The van der Waals surface area contributed by atoms with Gasteiger partial charge >= 0.3 is 5.95 Å². The van der Waals surface area contributed by atoms with Crippen LogP contribution in [0.4, 0.5) is 5.95 Å². The van der Waals surface area contributed by atoms with Crippen molar-refractivity contribution in [2.24, 2.45) is 0 Å². The first kappa shape index (κ1) is 23.8. The molecule has 1 aromatic heterocycles. The minimum atomic E-state index is -0.731. The van der Waals surface area contributed by atoms with Gasteiger partial charge in [0.25, 0.3) is 0 Å². The minimum Gasteiger partial charge on any atom is -1.00 e. The van der Waals surface area contributed by atoms with Crippen molar-refractivity contribution in [1.82, 2.24) is 4.57 Å². The smallest absolute Gasteiger partial charge is 0.356 e. The number of imidazole rings is 1. The summed E-state index contributed by atoms with van der Waals surface area (Å²) >= 11 is 12.1. The van der Waals surface area contributed by atoms with Crippen LogP contribution in [-0.2, 0) is 13.1 Å². The molecular weight excluding hydrogens is 429 g/mol. The van der Waals surface area contributed by atoms with E-state index in [1.165, 1.54) is 25.7 Å². The van der Waals surface area contributed by atoms with E-state index in [2.05, 4.69) is 17.6 Å². The minimum absolute atomic E-state index is 0. The molecule has 0 spiro atoms. The van der Waals surface area contributed by atoms with Crippen LogP contribution >= 0.6 is 23.2 Å². The maximum absolute atomic E-state index is 10.8. The molecule has 29 heavy (non-hydrogen) atoms. The molecule has 0 fully saturated rings. The number of unbranched alkanes of at least 4 members (excludes halogenated alkanes) is 4. The highest BCUT2D eigenvalue weighted by Gasteiger charge is 2.23. The van der Waals surface area contributed by atoms with Gasteiger partial charge in [-0.25, -0.2) is 9.13 Å². The lowest BCUT2D eigenvalue weighted by Gasteiger charge is -2.11. The van der Waals surface area contributed by atoms with Crippen molar-refractivity contribution in [1.29, 1.82) is 0 Å². The summed E-state index contributed by atoms with van der Waals surface area (Å²) in [5.74, 6) is 0.663. The molecular formula is C22H28Cl3N3O. The standard InChI is InChI=1S/C22H27Cl2N3O.ClH/c1-2-3-4-5-8-13-26-19-9-6-7-10-20(19)27(22(26)25)15-21(28)16-11-12-17(23)18(24)14-16;/h6-7,9-12,14,21,25,28H,2-5,8,13,15H2,1H3;1H. The van der Waals surface area contributed by atoms with Gasteiger partial charge in [-0.15, -0.1) is 0 Å². The number of para-hydroxylation sites is 2. The predicted octanol–water partition coefficient (Wildman–Crippen LogP) is 2.53. The first-order valence-electron chi connectivity index (χ1n) is 9.92. The van der Waals surface area contributed by atoms with Crippen molar-refractivity contribution in [3.63, 3.8) is 0 Å². The number of fused-ring (bicyclic) bond motifs is 1. The molecule has 1 atom stereocenters. The summed E-state index contributed by atoms with van der Waals surface area (Å²) in [4.78, 5) is 0. The molecule has 0 aliphatic heterocycles. The average Bonchev–Trinajstić information content (AvgIpc) is 2.95. The van der Waals surface area contributed by atoms with Gasteiger partial charge in [-0.2, -0.15) is 0 Å². The van der Waals surface area contributed by atoms with E-state index in [1.54, 1.807) is 18.2 Å². The summed E-state index contributed by atoms with van der Waals surface area (Å²) in [5, 5.41) is 11.7. The topological polar surface area (TPSA) is 55.1 Å². The van der Waals surface area contributed by atoms with Crippen molar-refractivity contribution < 1.29 is 22.1 Å². The van der Waals surface area contributed by atoms with Gasteiger partial charge < -0.3 is 17.5 Å². The number of hydrogen-bond acceptors (Lipinski definition) is 2. The fraction of sp³-hybridized carbons (Fsp3) is 0.409. The second kappa shape index (κ2) is 11.1. The highest BCUT2D eigenvalue weighted by molar-refractivity contribution is 6.42. The third-order valence-corrected chi connectivity index (χ3v) is 5.92. The van der Waals surface area contributed by atoms with Crippen LogP contribution in [-0.4, -0.2) is 9.67 Å². The molecule has 158 valence electrons. The maximum atomic E-state index is 10.8. The summed E-state index contributed by atoms with van der Waals surface area (Å²) in [5.41, 5.74) is 9.34. The van der Waals surface area contributed by atoms with Crippen molar-refractivity contribution in [2.75, 3.05) is 5.73 Å². The molecule has 0 saturated heterocycles. The van der Waals surface area contributed by atoms with E-state index in [9.17, 15) is 5.11 Å². The molecule has 3 rings (SSSR count). The lowest BCUT2D eigenvalue weighted by molar-refractivity contribution is -0.666. The molecule has 3 N–H and O–H groups in total. The van der Waals surface area contributed by atoms with Crippen LogP contribution in [0, 0.1) is 0 Å². The Labute approximate surface area is 188 Å². The van der Waals surface area contributed by atoms with E-state index in [1.807, 2.05) is 22.8 Å². The highest BCUT2D eigenvalue weighted by atomic mass is 35.5. The zero-order chi connectivity index (χ0) is 20.1.